The first kappa shape index (κ1) is 57.8. The van der Waals surface area contributed by atoms with Crippen LogP contribution in [-0.2, 0) is 32.3 Å². The monoisotopic (exact) mass is 949 g/mol. The fraction of sp³-hybridized carbons (Fsp3) is 0.720. The third-order valence-corrected chi connectivity index (χ3v) is 10.9. The molecule has 8 nitrogen and oxygen atoms in total. The zero-order chi connectivity index (χ0) is 42.3. The van der Waals surface area contributed by atoms with Gasteiger partial charge in [0.25, 0.3) is 0 Å². The van der Waals surface area contributed by atoms with E-state index in [-0.39, 0.29) is 86.1 Å². The van der Waals surface area contributed by atoms with Gasteiger partial charge in [0.05, 0.1) is 37.6 Å². The molecule has 4 atom stereocenters. The maximum absolute atomic E-state index is 10.8. The summed E-state index contributed by atoms with van der Waals surface area (Å²) >= 11 is 0. The van der Waals surface area contributed by atoms with Crippen LogP contribution >= 0.6 is 0 Å². The number of aliphatic carboxylic acids is 2. The molecule has 0 aliphatic heterocycles. The first-order chi connectivity index (χ1) is 28.2. The average Bonchev–Trinajstić information content (AvgIpc) is 3.22. The van der Waals surface area contributed by atoms with Crippen molar-refractivity contribution >= 4 is 60.8 Å². The second-order valence-corrected chi connectivity index (χ2v) is 16.4. The van der Waals surface area contributed by atoms with Crippen molar-refractivity contribution in [3.05, 3.63) is 71.8 Å². The number of carbonyl (C=O) groups is 2. The topological polar surface area (TPSA) is 139 Å². The molecular weight excluding hydrogens is 866 g/mol. The van der Waals surface area contributed by atoms with Gasteiger partial charge in [-0.3, -0.25) is 0 Å². The van der Waals surface area contributed by atoms with Gasteiger partial charge >= 0.3 is 48.9 Å². The first-order valence-electron chi connectivity index (χ1n) is 23.3. The summed E-state index contributed by atoms with van der Waals surface area (Å²) in [7, 11) is 0. The number of rotatable bonds is 38. The van der Waals surface area contributed by atoms with Crippen molar-refractivity contribution in [3.8, 4) is 0 Å². The summed E-state index contributed by atoms with van der Waals surface area (Å²) < 4.78 is 11.9. The second kappa shape index (κ2) is 42.1. The summed E-state index contributed by atoms with van der Waals surface area (Å²) in [5, 5.41) is 41.8. The van der Waals surface area contributed by atoms with Crippen LogP contribution in [0.25, 0.3) is 0 Å². The fourth-order valence-corrected chi connectivity index (χ4v) is 7.22. The maximum Gasteiger partial charge on any atom is 2.00 e. The Hall–Kier alpha value is -1.21. The van der Waals surface area contributed by atoms with Crippen molar-refractivity contribution < 1.29 is 39.5 Å². The van der Waals surface area contributed by atoms with Gasteiger partial charge < -0.3 is 39.5 Å². The van der Waals surface area contributed by atoms with Gasteiger partial charge in [-0.1, -0.05) is 190 Å². The molecule has 2 aromatic carbocycles. The van der Waals surface area contributed by atoms with E-state index >= 15 is 0 Å². The SMILES string of the molecule is CCCCCCCCC(O)CCCCCC(CCC(=O)[O-])OCc1ccccc1.CCCCCCCCC(O)CCCCCC(CCC(=O)[O-])OCc1ccccc1.[Ba+2]. The Labute approximate surface area is 400 Å². The molecule has 0 heterocycles. The van der Waals surface area contributed by atoms with Crippen molar-refractivity contribution in [1.82, 2.24) is 0 Å². The van der Waals surface area contributed by atoms with Crippen LogP contribution in [0, 0.1) is 0 Å². The predicted octanol–water partition coefficient (Wildman–Crippen LogP) is 9.95. The van der Waals surface area contributed by atoms with Gasteiger partial charge in [-0.05, 0) is 75.3 Å². The number of hydrogen-bond acceptors (Lipinski definition) is 8. The Kier molecular flexibility index (Phi) is 41.2. The molecule has 2 aromatic rings. The van der Waals surface area contributed by atoms with E-state index in [0.717, 1.165) is 101 Å². The molecule has 0 saturated heterocycles. The zero-order valence-electron chi connectivity index (χ0n) is 37.3. The molecule has 0 radical (unpaired) electrons. The largest absolute Gasteiger partial charge is 2.00 e. The molecule has 0 fully saturated rings. The molecule has 0 aliphatic rings. The van der Waals surface area contributed by atoms with Crippen LogP contribution in [0.15, 0.2) is 60.7 Å². The van der Waals surface area contributed by atoms with E-state index in [9.17, 15) is 30.0 Å². The summed E-state index contributed by atoms with van der Waals surface area (Å²) in [5.41, 5.74) is 2.20. The quantitative estimate of drug-likeness (QED) is 0.0501. The van der Waals surface area contributed by atoms with E-state index in [1.54, 1.807) is 0 Å². The molecule has 0 bridgehead atoms. The van der Waals surface area contributed by atoms with E-state index in [0.29, 0.717) is 26.1 Å². The minimum absolute atomic E-state index is 0. The number of aliphatic hydroxyl groups excluding tert-OH is 2. The van der Waals surface area contributed by atoms with Crippen LogP contribution in [0.5, 0.6) is 0 Å². The van der Waals surface area contributed by atoms with Crippen molar-refractivity contribution in [3.63, 3.8) is 0 Å². The van der Waals surface area contributed by atoms with Crippen LogP contribution in [0.1, 0.15) is 205 Å². The maximum atomic E-state index is 10.8. The van der Waals surface area contributed by atoms with Gasteiger partial charge in [-0.2, -0.15) is 0 Å². The van der Waals surface area contributed by atoms with Crippen molar-refractivity contribution in [1.29, 1.82) is 0 Å². The van der Waals surface area contributed by atoms with Gasteiger partial charge in [-0.15, -0.1) is 0 Å². The van der Waals surface area contributed by atoms with Crippen molar-refractivity contribution in [2.24, 2.45) is 0 Å². The normalized spacial score (nSPS) is 13.1. The molecule has 0 spiro atoms. The van der Waals surface area contributed by atoms with E-state index in [4.69, 9.17) is 9.47 Å². The molecule has 0 aliphatic carbocycles. The number of carbonyl (C=O) groups excluding carboxylic acids is 2. The first-order valence-corrected chi connectivity index (χ1v) is 23.3. The van der Waals surface area contributed by atoms with Gasteiger partial charge in [0.1, 0.15) is 0 Å². The minimum atomic E-state index is -1.02. The molecule has 59 heavy (non-hydrogen) atoms. The molecule has 332 valence electrons. The molecule has 0 aromatic heterocycles. The standard InChI is InChI=1S/2C25H42O4.Ba/c2*1-2-3-4-5-6-11-16-23(26)17-12-8-13-18-24(19-20-25(27)28)29-21-22-14-9-7-10-15-22;/h2*7,9-10,14-15,23-24,26H,2-6,8,11-13,16-21H2,1H3,(H,27,28);/q;;+2/p-2. The smallest absolute Gasteiger partial charge is 0.550 e. The number of aliphatic hydroxyl groups is 2. The molecule has 2 rings (SSSR count). The number of carboxylic acids is 2. The van der Waals surface area contributed by atoms with Crippen LogP contribution in [0.2, 0.25) is 0 Å². The van der Waals surface area contributed by atoms with E-state index < -0.39 is 11.9 Å². The van der Waals surface area contributed by atoms with E-state index in [2.05, 4.69) is 13.8 Å². The summed E-state index contributed by atoms with van der Waals surface area (Å²) in [6, 6.07) is 19.9. The molecule has 4 unspecified atom stereocenters. The van der Waals surface area contributed by atoms with E-state index in [1.165, 1.54) is 64.2 Å². The Morgan fingerprint density at radius 1 is 0.458 bits per heavy atom. The summed E-state index contributed by atoms with van der Waals surface area (Å²) in [6.45, 7) is 5.47. The van der Waals surface area contributed by atoms with Crippen LogP contribution in [0.4, 0.5) is 0 Å². The number of benzene rings is 2. The average molecular weight is 949 g/mol. The summed E-state index contributed by atoms with van der Waals surface area (Å²) in [4.78, 5) is 21.6. The van der Waals surface area contributed by atoms with Gasteiger partial charge in [0.2, 0.25) is 0 Å². The zero-order valence-corrected chi connectivity index (χ0v) is 41.8. The van der Waals surface area contributed by atoms with E-state index in [1.807, 2.05) is 60.7 Å². The molecule has 0 saturated carbocycles. The Morgan fingerprint density at radius 2 is 0.746 bits per heavy atom. The summed E-state index contributed by atoms with van der Waals surface area (Å²) in [6.07, 6.45) is 27.1. The number of hydrogen-bond donors (Lipinski definition) is 2. The Bertz CT molecular complexity index is 1110. The fourth-order valence-electron chi connectivity index (χ4n) is 7.22. The summed E-state index contributed by atoms with van der Waals surface area (Å²) in [5.74, 6) is -2.03. The minimum Gasteiger partial charge on any atom is -0.550 e. The predicted molar refractivity (Wildman–Crippen MR) is 238 cm³/mol. The number of unbranched alkanes of at least 4 members (excludes halogenated alkanes) is 14. The van der Waals surface area contributed by atoms with Gasteiger partial charge in [-0.25, -0.2) is 0 Å². The molecule has 9 heteroatoms. The molecular formula is C50H82BaO8. The number of ether oxygens (including phenoxy) is 2. The Morgan fingerprint density at radius 3 is 1.07 bits per heavy atom. The van der Waals surface area contributed by atoms with Crippen LogP contribution < -0.4 is 10.2 Å². The van der Waals surface area contributed by atoms with Gasteiger partial charge in [0.15, 0.2) is 0 Å². The Balaban J connectivity index is 0.00000112. The van der Waals surface area contributed by atoms with Crippen LogP contribution in [-0.4, -0.2) is 95.4 Å². The van der Waals surface area contributed by atoms with Gasteiger partial charge in [0, 0.05) is 11.9 Å². The van der Waals surface area contributed by atoms with Crippen molar-refractivity contribution in [2.75, 3.05) is 0 Å². The number of carboxylic acid groups (broad SMARTS) is 2. The molecule has 0 amide bonds. The third kappa shape index (κ3) is 38.2. The third-order valence-electron chi connectivity index (χ3n) is 10.9. The molecule has 2 N–H and O–H groups in total. The van der Waals surface area contributed by atoms with Crippen molar-refractivity contribution in [2.45, 2.75) is 231 Å². The second-order valence-electron chi connectivity index (χ2n) is 16.4. The van der Waals surface area contributed by atoms with Crippen LogP contribution in [0.3, 0.4) is 0 Å².